The van der Waals surface area contributed by atoms with E-state index in [4.69, 9.17) is 17.3 Å². The fraction of sp³-hybridized carbons (Fsp3) is 0.217. The second-order valence-corrected chi connectivity index (χ2v) is 8.05. The van der Waals surface area contributed by atoms with Gasteiger partial charge >= 0.3 is 0 Å². The Bertz CT molecular complexity index is 1270. The molecule has 158 valence electrons. The van der Waals surface area contributed by atoms with Crippen LogP contribution < -0.4 is 11.1 Å². The first kappa shape index (κ1) is 20.8. The Balaban J connectivity index is 1.49. The van der Waals surface area contributed by atoms with E-state index in [-0.39, 0.29) is 5.91 Å². The molecule has 0 unspecified atom stereocenters. The number of nitrogens with two attached hydrogens (primary N) is 1. The second kappa shape index (κ2) is 8.35. The molecule has 0 aliphatic heterocycles. The van der Waals surface area contributed by atoms with Crippen LogP contribution in [0.4, 0.5) is 5.82 Å². The fourth-order valence-electron chi connectivity index (χ4n) is 3.68. The maximum absolute atomic E-state index is 12.8. The Kier molecular flexibility index (Phi) is 5.61. The van der Waals surface area contributed by atoms with Gasteiger partial charge in [-0.3, -0.25) is 14.5 Å². The number of hydrogen-bond acceptors (Lipinski definition) is 5. The van der Waals surface area contributed by atoms with Gasteiger partial charge in [0.25, 0.3) is 5.91 Å². The van der Waals surface area contributed by atoms with Gasteiger partial charge in [0.2, 0.25) is 0 Å². The SMILES string of the molecule is Cc1cc(N)nc(C)c1CNC(=O)c1cn(Cc2ccc3ncc(Cl)cc3c2)nc1C. The maximum atomic E-state index is 12.8. The predicted octanol–water partition coefficient (Wildman–Crippen LogP) is 3.97. The first-order valence-corrected chi connectivity index (χ1v) is 10.3. The molecule has 0 radical (unpaired) electrons. The van der Waals surface area contributed by atoms with E-state index in [9.17, 15) is 4.79 Å². The van der Waals surface area contributed by atoms with Crippen LogP contribution in [0, 0.1) is 20.8 Å². The number of halogens is 1. The van der Waals surface area contributed by atoms with Gasteiger partial charge in [-0.2, -0.15) is 5.10 Å². The molecular formula is C23H23ClN6O. The van der Waals surface area contributed by atoms with Gasteiger partial charge in [-0.15, -0.1) is 0 Å². The minimum atomic E-state index is -0.172. The molecular weight excluding hydrogens is 412 g/mol. The van der Waals surface area contributed by atoms with Crippen molar-refractivity contribution in [1.82, 2.24) is 25.1 Å². The summed E-state index contributed by atoms with van der Waals surface area (Å²) in [7, 11) is 0. The average Bonchev–Trinajstić information content (AvgIpc) is 3.06. The summed E-state index contributed by atoms with van der Waals surface area (Å²) in [5, 5.41) is 9.05. The molecule has 7 nitrogen and oxygen atoms in total. The van der Waals surface area contributed by atoms with E-state index >= 15 is 0 Å². The highest BCUT2D eigenvalue weighted by Crippen LogP contribution is 2.19. The lowest BCUT2D eigenvalue weighted by molar-refractivity contribution is 0.0950. The van der Waals surface area contributed by atoms with Crippen LogP contribution in [-0.2, 0) is 13.1 Å². The monoisotopic (exact) mass is 434 g/mol. The zero-order valence-electron chi connectivity index (χ0n) is 17.6. The smallest absolute Gasteiger partial charge is 0.255 e. The van der Waals surface area contributed by atoms with Gasteiger partial charge in [0, 0.05) is 30.0 Å². The molecule has 4 aromatic rings. The third kappa shape index (κ3) is 4.51. The van der Waals surface area contributed by atoms with E-state index < -0.39 is 0 Å². The third-order valence-electron chi connectivity index (χ3n) is 5.25. The predicted molar refractivity (Wildman–Crippen MR) is 122 cm³/mol. The third-order valence-corrected chi connectivity index (χ3v) is 5.45. The number of rotatable bonds is 5. The highest BCUT2D eigenvalue weighted by Gasteiger charge is 2.15. The van der Waals surface area contributed by atoms with Crippen molar-refractivity contribution in [1.29, 1.82) is 0 Å². The van der Waals surface area contributed by atoms with Gasteiger partial charge < -0.3 is 11.1 Å². The lowest BCUT2D eigenvalue weighted by atomic mass is 10.1. The minimum Gasteiger partial charge on any atom is -0.384 e. The highest BCUT2D eigenvalue weighted by molar-refractivity contribution is 6.31. The Morgan fingerprint density at radius 2 is 1.97 bits per heavy atom. The molecule has 3 N–H and O–H groups in total. The summed E-state index contributed by atoms with van der Waals surface area (Å²) >= 11 is 6.06. The molecule has 0 saturated heterocycles. The standard InChI is InChI=1S/C23H23ClN6O/c1-13-6-22(25)28-14(2)19(13)10-27-23(31)20-12-30(29-15(20)3)11-16-4-5-21-17(7-16)8-18(24)9-26-21/h4-9,12H,10-11H2,1-3H3,(H2,25,28)(H,27,31). The number of nitrogen functional groups attached to an aromatic ring is 1. The van der Waals surface area contributed by atoms with Crippen molar-refractivity contribution in [2.45, 2.75) is 33.9 Å². The van der Waals surface area contributed by atoms with Crippen molar-refractivity contribution < 1.29 is 4.79 Å². The van der Waals surface area contributed by atoms with Crippen LogP contribution in [-0.4, -0.2) is 25.7 Å². The van der Waals surface area contributed by atoms with Crippen LogP contribution in [0.2, 0.25) is 5.02 Å². The minimum absolute atomic E-state index is 0.172. The number of aromatic nitrogens is 4. The largest absolute Gasteiger partial charge is 0.384 e. The van der Waals surface area contributed by atoms with Crippen LogP contribution in [0.5, 0.6) is 0 Å². The molecule has 0 aliphatic rings. The van der Waals surface area contributed by atoms with E-state index in [0.717, 1.165) is 33.3 Å². The van der Waals surface area contributed by atoms with Gasteiger partial charge in [0.1, 0.15) is 5.82 Å². The zero-order valence-corrected chi connectivity index (χ0v) is 18.4. The number of aryl methyl sites for hydroxylation is 3. The Morgan fingerprint density at radius 3 is 2.74 bits per heavy atom. The molecule has 1 amide bonds. The van der Waals surface area contributed by atoms with Crippen LogP contribution in [0.15, 0.2) is 42.7 Å². The molecule has 0 aliphatic carbocycles. The average molecular weight is 435 g/mol. The number of hydrogen-bond donors (Lipinski definition) is 2. The van der Waals surface area contributed by atoms with Crippen LogP contribution in [0.25, 0.3) is 10.9 Å². The quantitative estimate of drug-likeness (QED) is 0.495. The Hall–Kier alpha value is -3.45. The number of benzene rings is 1. The van der Waals surface area contributed by atoms with Crippen molar-refractivity contribution in [2.75, 3.05) is 5.73 Å². The van der Waals surface area contributed by atoms with Crippen molar-refractivity contribution in [2.24, 2.45) is 0 Å². The van der Waals surface area contributed by atoms with E-state index in [1.54, 1.807) is 17.1 Å². The summed E-state index contributed by atoms with van der Waals surface area (Å²) in [4.78, 5) is 21.4. The van der Waals surface area contributed by atoms with Crippen LogP contribution in [0.1, 0.15) is 38.4 Å². The molecule has 4 rings (SSSR count). The van der Waals surface area contributed by atoms with E-state index in [1.165, 1.54) is 0 Å². The summed E-state index contributed by atoms with van der Waals surface area (Å²) in [6, 6.07) is 9.68. The van der Waals surface area contributed by atoms with E-state index in [2.05, 4.69) is 20.4 Å². The number of pyridine rings is 2. The van der Waals surface area contributed by atoms with Crippen molar-refractivity contribution >= 4 is 34.2 Å². The van der Waals surface area contributed by atoms with E-state index in [0.29, 0.717) is 35.2 Å². The van der Waals surface area contributed by atoms with Crippen LogP contribution in [0.3, 0.4) is 0 Å². The second-order valence-electron chi connectivity index (χ2n) is 7.62. The van der Waals surface area contributed by atoms with Gasteiger partial charge in [0.05, 0.1) is 28.3 Å². The Morgan fingerprint density at radius 1 is 1.16 bits per heavy atom. The number of nitrogens with zero attached hydrogens (tertiary/aromatic N) is 4. The molecule has 8 heteroatoms. The molecule has 0 bridgehead atoms. The summed E-state index contributed by atoms with van der Waals surface area (Å²) in [6.07, 6.45) is 3.40. The van der Waals surface area contributed by atoms with Gasteiger partial charge in [-0.25, -0.2) is 4.98 Å². The molecule has 3 heterocycles. The number of nitrogens with one attached hydrogen (secondary N) is 1. The molecule has 31 heavy (non-hydrogen) atoms. The summed E-state index contributed by atoms with van der Waals surface area (Å²) < 4.78 is 1.77. The Labute approximate surface area is 185 Å². The lowest BCUT2D eigenvalue weighted by Crippen LogP contribution is -2.24. The number of fused-ring (bicyclic) bond motifs is 1. The van der Waals surface area contributed by atoms with Gasteiger partial charge in [-0.1, -0.05) is 17.7 Å². The van der Waals surface area contributed by atoms with Crippen molar-refractivity contribution in [3.8, 4) is 0 Å². The van der Waals surface area contributed by atoms with Crippen LogP contribution >= 0.6 is 11.6 Å². The summed E-state index contributed by atoms with van der Waals surface area (Å²) in [5.41, 5.74) is 11.7. The topological polar surface area (TPSA) is 98.7 Å². The van der Waals surface area contributed by atoms with Gasteiger partial charge in [0.15, 0.2) is 0 Å². The van der Waals surface area contributed by atoms with Gasteiger partial charge in [-0.05, 0) is 61.7 Å². The number of amides is 1. The number of carbonyl (C=O) groups excluding carboxylic acids is 1. The maximum Gasteiger partial charge on any atom is 0.255 e. The first-order valence-electron chi connectivity index (χ1n) is 9.89. The highest BCUT2D eigenvalue weighted by atomic mass is 35.5. The summed E-state index contributed by atoms with van der Waals surface area (Å²) in [5.74, 6) is 0.308. The molecule has 0 saturated carbocycles. The normalized spacial score (nSPS) is 11.1. The summed E-state index contributed by atoms with van der Waals surface area (Å²) in [6.45, 7) is 6.60. The first-order chi connectivity index (χ1) is 14.8. The molecule has 1 aromatic carbocycles. The van der Waals surface area contributed by atoms with E-state index in [1.807, 2.05) is 51.1 Å². The number of anilines is 1. The zero-order chi connectivity index (χ0) is 22.1. The molecule has 0 spiro atoms. The molecule has 3 aromatic heterocycles. The number of carbonyl (C=O) groups is 1. The molecule has 0 fully saturated rings. The molecule has 0 atom stereocenters. The van der Waals surface area contributed by atoms with Crippen molar-refractivity contribution in [3.63, 3.8) is 0 Å². The fourth-order valence-corrected chi connectivity index (χ4v) is 3.85. The lowest BCUT2D eigenvalue weighted by Gasteiger charge is -2.11. The van der Waals surface area contributed by atoms with Crippen molar-refractivity contribution in [3.05, 3.63) is 81.4 Å².